The van der Waals surface area contributed by atoms with Gasteiger partial charge in [0.1, 0.15) is 5.82 Å². The van der Waals surface area contributed by atoms with Gasteiger partial charge in [-0.15, -0.1) is 0 Å². The van der Waals surface area contributed by atoms with Crippen LogP contribution in [0.5, 0.6) is 0 Å². The maximum atomic E-state index is 13.7. The minimum atomic E-state index is -0.432. The Morgan fingerprint density at radius 2 is 1.87 bits per heavy atom. The first-order valence-electron chi connectivity index (χ1n) is 9.89. The third-order valence-corrected chi connectivity index (χ3v) is 5.23. The topological polar surface area (TPSA) is 97.0 Å². The number of likely N-dealkylation sites (tertiary alicyclic amines) is 1. The van der Waals surface area contributed by atoms with Crippen molar-refractivity contribution in [3.8, 4) is 11.1 Å². The van der Waals surface area contributed by atoms with Gasteiger partial charge < -0.3 is 11.1 Å². The van der Waals surface area contributed by atoms with Gasteiger partial charge in [0.25, 0.3) is 0 Å². The number of pyridine rings is 1. The summed E-state index contributed by atoms with van der Waals surface area (Å²) < 4.78 is 13.7. The third kappa shape index (κ3) is 4.77. The molecule has 1 aliphatic rings. The average molecular weight is 406 g/mol. The van der Waals surface area contributed by atoms with Crippen LogP contribution in [0.3, 0.4) is 0 Å². The average Bonchev–Trinajstić information content (AvgIpc) is 2.76. The Morgan fingerprint density at radius 3 is 2.60 bits per heavy atom. The van der Waals surface area contributed by atoms with Gasteiger partial charge in [-0.2, -0.15) is 0 Å². The second kappa shape index (κ2) is 8.96. The number of para-hydroxylation sites is 1. The maximum absolute atomic E-state index is 13.7. The molecule has 7 nitrogen and oxygen atoms in total. The zero-order chi connectivity index (χ0) is 20.9. The van der Waals surface area contributed by atoms with Crippen LogP contribution in [-0.4, -0.2) is 45.4 Å². The van der Waals surface area contributed by atoms with Gasteiger partial charge in [-0.3, -0.25) is 14.7 Å². The number of benzene rings is 1. The van der Waals surface area contributed by atoms with Crippen LogP contribution in [0.1, 0.15) is 24.5 Å². The number of amides is 1. The number of hydrogen-bond donors (Lipinski definition) is 2. The number of nitrogens with zero attached hydrogens (tertiary/aromatic N) is 4. The Balaban J connectivity index is 1.37. The Labute approximate surface area is 174 Å². The van der Waals surface area contributed by atoms with Crippen LogP contribution in [0, 0.1) is 5.82 Å². The van der Waals surface area contributed by atoms with Crippen LogP contribution in [0.25, 0.3) is 11.1 Å². The number of carbonyl (C=O) groups is 1. The van der Waals surface area contributed by atoms with Crippen LogP contribution in [0.15, 0.2) is 55.0 Å². The molecule has 1 saturated heterocycles. The number of halogens is 1. The summed E-state index contributed by atoms with van der Waals surface area (Å²) in [6.45, 7) is 1.80. The second-order valence-electron chi connectivity index (χ2n) is 7.40. The number of rotatable bonds is 5. The molecule has 1 amide bonds. The molecule has 1 atom stereocenters. The lowest BCUT2D eigenvalue weighted by molar-refractivity contribution is -0.117. The van der Waals surface area contributed by atoms with E-state index in [1.807, 2.05) is 18.3 Å². The van der Waals surface area contributed by atoms with Gasteiger partial charge in [-0.05, 0) is 37.6 Å². The largest absolute Gasteiger partial charge is 0.368 e. The molecule has 3 aromatic rings. The monoisotopic (exact) mass is 406 g/mol. The Bertz CT molecular complexity index is 1010. The molecular weight excluding hydrogens is 383 g/mol. The fraction of sp³-hybridized carbons (Fsp3) is 0.273. The molecule has 0 saturated carbocycles. The van der Waals surface area contributed by atoms with E-state index in [2.05, 4.69) is 25.2 Å². The maximum Gasteiger partial charge on any atom is 0.238 e. The lowest BCUT2D eigenvalue weighted by atomic mass is 9.94. The van der Waals surface area contributed by atoms with Crippen molar-refractivity contribution < 1.29 is 9.18 Å². The summed E-state index contributed by atoms with van der Waals surface area (Å²) in [6.07, 6.45) is 7.16. The highest BCUT2D eigenvalue weighted by atomic mass is 19.1. The predicted molar refractivity (Wildman–Crippen MR) is 113 cm³/mol. The lowest BCUT2D eigenvalue weighted by Gasteiger charge is -2.32. The fourth-order valence-corrected chi connectivity index (χ4v) is 3.70. The van der Waals surface area contributed by atoms with Crippen molar-refractivity contribution in [1.29, 1.82) is 0 Å². The molecule has 30 heavy (non-hydrogen) atoms. The van der Waals surface area contributed by atoms with Crippen molar-refractivity contribution in [2.75, 3.05) is 30.7 Å². The second-order valence-corrected chi connectivity index (χ2v) is 7.40. The van der Waals surface area contributed by atoms with Crippen molar-refractivity contribution >= 4 is 17.5 Å². The highest BCUT2D eigenvalue weighted by Gasteiger charge is 2.24. The van der Waals surface area contributed by atoms with Crippen molar-refractivity contribution in [2.45, 2.75) is 18.8 Å². The van der Waals surface area contributed by atoms with E-state index in [9.17, 15) is 9.18 Å². The van der Waals surface area contributed by atoms with Gasteiger partial charge in [-0.1, -0.05) is 18.2 Å². The van der Waals surface area contributed by atoms with E-state index in [4.69, 9.17) is 5.73 Å². The molecule has 3 heterocycles. The Hall–Kier alpha value is -3.39. The molecule has 2 aromatic heterocycles. The molecule has 0 spiro atoms. The van der Waals surface area contributed by atoms with Crippen LogP contribution >= 0.6 is 0 Å². The summed E-state index contributed by atoms with van der Waals surface area (Å²) in [5.74, 6) is -0.160. The molecule has 154 valence electrons. The van der Waals surface area contributed by atoms with Crippen LogP contribution in [0.4, 0.5) is 16.0 Å². The van der Waals surface area contributed by atoms with E-state index in [1.54, 1.807) is 30.6 Å². The van der Waals surface area contributed by atoms with Gasteiger partial charge in [0.05, 0.1) is 12.2 Å². The number of aromatic nitrogens is 3. The zero-order valence-electron chi connectivity index (χ0n) is 16.5. The Kier molecular flexibility index (Phi) is 5.94. The number of nitrogens with two attached hydrogens (primary N) is 1. The molecule has 1 aromatic carbocycles. The summed E-state index contributed by atoms with van der Waals surface area (Å²) >= 11 is 0. The van der Waals surface area contributed by atoms with Crippen LogP contribution in [-0.2, 0) is 4.79 Å². The summed E-state index contributed by atoms with van der Waals surface area (Å²) in [5.41, 5.74) is 8.52. The van der Waals surface area contributed by atoms with E-state index >= 15 is 0 Å². The lowest BCUT2D eigenvalue weighted by Crippen LogP contribution is -2.40. The molecule has 0 aliphatic carbocycles. The highest BCUT2D eigenvalue weighted by Crippen LogP contribution is 2.27. The quantitative estimate of drug-likeness (QED) is 0.676. The first-order chi connectivity index (χ1) is 14.6. The van der Waals surface area contributed by atoms with Crippen molar-refractivity contribution in [3.63, 3.8) is 0 Å². The molecule has 8 heteroatoms. The highest BCUT2D eigenvalue weighted by molar-refractivity contribution is 5.92. The number of anilines is 2. The Morgan fingerprint density at radius 1 is 1.10 bits per heavy atom. The van der Waals surface area contributed by atoms with Gasteiger partial charge in [0, 0.05) is 47.9 Å². The number of hydrogen-bond acceptors (Lipinski definition) is 6. The smallest absolute Gasteiger partial charge is 0.238 e. The summed E-state index contributed by atoms with van der Waals surface area (Å²) in [5, 5.41) is 2.65. The normalized spacial score (nSPS) is 16.9. The summed E-state index contributed by atoms with van der Waals surface area (Å²) in [4.78, 5) is 27.1. The molecule has 4 rings (SSSR count). The van der Waals surface area contributed by atoms with Crippen LogP contribution < -0.4 is 11.1 Å². The van der Waals surface area contributed by atoms with E-state index in [-0.39, 0.29) is 30.0 Å². The number of carbonyl (C=O) groups excluding carboxylic acids is 1. The molecule has 1 unspecified atom stereocenters. The van der Waals surface area contributed by atoms with E-state index in [0.29, 0.717) is 0 Å². The van der Waals surface area contributed by atoms with Crippen molar-refractivity contribution in [1.82, 2.24) is 19.9 Å². The van der Waals surface area contributed by atoms with Gasteiger partial charge >= 0.3 is 0 Å². The van der Waals surface area contributed by atoms with E-state index in [0.717, 1.165) is 42.8 Å². The molecular formula is C22H23FN6O. The van der Waals surface area contributed by atoms with E-state index < -0.39 is 5.82 Å². The number of nitrogen functional groups attached to an aromatic ring is 1. The fourth-order valence-electron chi connectivity index (χ4n) is 3.70. The zero-order valence-corrected chi connectivity index (χ0v) is 16.5. The minimum Gasteiger partial charge on any atom is -0.368 e. The SMILES string of the molecule is Nc1ncc(-c2ccc(C3CCCN(CC(=O)Nc4ccccc4F)C3)nc2)cn1. The number of nitrogens with one attached hydrogen (secondary N) is 1. The molecule has 1 fully saturated rings. The predicted octanol–water partition coefficient (Wildman–Crippen LogP) is 3.08. The standard InChI is InChI=1S/C22H23FN6O/c23-18-5-1-2-6-20(18)28-21(30)14-29-9-3-4-16(13-29)19-8-7-15(10-25-19)17-11-26-22(24)27-12-17/h1-2,5-8,10-12,16H,3-4,9,13-14H2,(H,28,30)(H2,24,26,27). The van der Waals surface area contributed by atoms with Crippen LogP contribution in [0.2, 0.25) is 0 Å². The van der Waals surface area contributed by atoms with Crippen molar-refractivity contribution in [3.05, 3.63) is 66.5 Å². The first kappa shape index (κ1) is 19.9. The summed E-state index contributed by atoms with van der Waals surface area (Å²) in [6, 6.07) is 10.2. The molecule has 3 N–H and O–H groups in total. The van der Waals surface area contributed by atoms with E-state index in [1.165, 1.54) is 6.07 Å². The third-order valence-electron chi connectivity index (χ3n) is 5.23. The minimum absolute atomic E-state index is 0.208. The molecule has 1 aliphatic heterocycles. The molecule has 0 radical (unpaired) electrons. The van der Waals surface area contributed by atoms with Gasteiger partial charge in [0.15, 0.2) is 0 Å². The first-order valence-corrected chi connectivity index (χ1v) is 9.89. The van der Waals surface area contributed by atoms with Gasteiger partial charge in [0.2, 0.25) is 11.9 Å². The van der Waals surface area contributed by atoms with Crippen molar-refractivity contribution in [2.24, 2.45) is 0 Å². The molecule has 0 bridgehead atoms. The summed E-state index contributed by atoms with van der Waals surface area (Å²) in [7, 11) is 0. The number of piperidine rings is 1. The van der Waals surface area contributed by atoms with Gasteiger partial charge in [-0.25, -0.2) is 14.4 Å².